The van der Waals surface area contributed by atoms with Crippen LogP contribution in [0.25, 0.3) is 0 Å². The Hall–Kier alpha value is -1.66. The summed E-state index contributed by atoms with van der Waals surface area (Å²) in [6.07, 6.45) is -21.7. The average molecular weight is 660 g/mol. The SMILES string of the molecule is CC(=O)N[C@H]1C(OCCCCCC(=O)O)O[C@H](CO)[C@@H](O[C@H]2O[C@H](CO)[C@H](O)[C@H](O[C@H]3O[C@H](CO)[C@H](O)[C@H](O)[C@H]3O)[C@H]2O)[C@@H]1O. The first-order valence-corrected chi connectivity index (χ1v) is 14.6. The highest BCUT2D eigenvalue weighted by Crippen LogP contribution is 2.32. The van der Waals surface area contributed by atoms with Crippen molar-refractivity contribution in [2.75, 3.05) is 26.4 Å². The molecule has 1 amide bonds. The molecular weight excluding hydrogens is 614 g/mol. The second-order valence-corrected chi connectivity index (χ2v) is 11.1. The van der Waals surface area contributed by atoms with Crippen LogP contribution in [0.4, 0.5) is 0 Å². The third-order valence-corrected chi connectivity index (χ3v) is 7.79. The van der Waals surface area contributed by atoms with Crippen LogP contribution in [0.2, 0.25) is 0 Å². The van der Waals surface area contributed by atoms with Crippen molar-refractivity contribution >= 4 is 11.9 Å². The van der Waals surface area contributed by atoms with Gasteiger partial charge in [0.25, 0.3) is 0 Å². The van der Waals surface area contributed by atoms with Crippen molar-refractivity contribution in [3.63, 3.8) is 0 Å². The highest BCUT2D eigenvalue weighted by Gasteiger charge is 2.54. The first-order chi connectivity index (χ1) is 21.3. The number of ether oxygens (including phenoxy) is 6. The van der Waals surface area contributed by atoms with Gasteiger partial charge in [-0.05, 0) is 12.8 Å². The Morgan fingerprint density at radius 2 is 1.20 bits per heavy atom. The zero-order valence-electron chi connectivity index (χ0n) is 24.6. The number of carboxylic acids is 1. The molecule has 3 heterocycles. The topological polar surface area (TPSA) is 304 Å². The smallest absolute Gasteiger partial charge is 0.303 e. The number of rotatable bonds is 15. The summed E-state index contributed by atoms with van der Waals surface area (Å²) in [5.74, 6) is -1.51. The van der Waals surface area contributed by atoms with Gasteiger partial charge in [-0.1, -0.05) is 6.42 Å². The molecule has 0 bridgehead atoms. The standard InChI is InChI=1S/C26H45NO18/c1-10(31)27-15-18(36)22(13(9-30)43-24(15)40-6-4-2-3-5-14(32)33)44-26-21(39)23(17(35)12(8-29)42-26)45-25-20(38)19(37)16(34)11(7-28)41-25/h11-13,15-26,28-30,34-39H,2-9H2,1H3,(H,27,31)(H,32,33)/t11-,12-,13-,15-,16+,17+,18-,19+,20-,21-,22-,23+,24?,25-,26-/m1/s1. The lowest BCUT2D eigenvalue weighted by atomic mass is 9.95. The minimum atomic E-state index is -1.93. The maximum atomic E-state index is 11.9. The summed E-state index contributed by atoms with van der Waals surface area (Å²) >= 11 is 0. The minimum Gasteiger partial charge on any atom is -0.481 e. The van der Waals surface area contributed by atoms with E-state index in [1.807, 2.05) is 0 Å². The second-order valence-electron chi connectivity index (χ2n) is 11.1. The van der Waals surface area contributed by atoms with E-state index in [1.54, 1.807) is 0 Å². The normalized spacial score (nSPS) is 42.3. The molecule has 0 saturated carbocycles. The number of nitrogens with one attached hydrogen (secondary N) is 1. The van der Waals surface area contributed by atoms with Crippen molar-refractivity contribution in [2.45, 2.75) is 125 Å². The maximum Gasteiger partial charge on any atom is 0.303 e. The fourth-order valence-electron chi connectivity index (χ4n) is 5.34. The molecule has 3 fully saturated rings. The Morgan fingerprint density at radius 3 is 1.78 bits per heavy atom. The molecule has 19 heteroatoms. The van der Waals surface area contributed by atoms with Crippen LogP contribution in [0.1, 0.15) is 32.6 Å². The molecule has 3 aliphatic heterocycles. The van der Waals surface area contributed by atoms with E-state index in [1.165, 1.54) is 6.92 Å². The molecule has 3 aliphatic rings. The van der Waals surface area contributed by atoms with Crippen molar-refractivity contribution in [3.8, 4) is 0 Å². The molecule has 11 N–H and O–H groups in total. The van der Waals surface area contributed by atoms with Gasteiger partial charge in [-0.2, -0.15) is 0 Å². The van der Waals surface area contributed by atoms with Crippen LogP contribution in [0.5, 0.6) is 0 Å². The predicted octanol–water partition coefficient (Wildman–Crippen LogP) is -5.76. The van der Waals surface area contributed by atoms with Crippen molar-refractivity contribution in [1.82, 2.24) is 5.32 Å². The van der Waals surface area contributed by atoms with Crippen molar-refractivity contribution < 1.29 is 89.1 Å². The summed E-state index contributed by atoms with van der Waals surface area (Å²) in [6, 6.07) is -1.25. The number of hydrogen-bond acceptors (Lipinski definition) is 17. The van der Waals surface area contributed by atoms with E-state index in [0.29, 0.717) is 19.3 Å². The number of aliphatic hydroxyl groups excluding tert-OH is 9. The van der Waals surface area contributed by atoms with E-state index in [0.717, 1.165) is 0 Å². The van der Waals surface area contributed by atoms with Crippen LogP contribution in [0.15, 0.2) is 0 Å². The molecule has 3 rings (SSSR count). The first kappa shape index (κ1) is 37.8. The van der Waals surface area contributed by atoms with E-state index in [-0.39, 0.29) is 13.0 Å². The summed E-state index contributed by atoms with van der Waals surface area (Å²) < 4.78 is 33.6. The fourth-order valence-corrected chi connectivity index (χ4v) is 5.34. The Morgan fingerprint density at radius 1 is 0.644 bits per heavy atom. The van der Waals surface area contributed by atoms with Crippen LogP contribution < -0.4 is 5.32 Å². The van der Waals surface area contributed by atoms with Crippen LogP contribution in [0.3, 0.4) is 0 Å². The van der Waals surface area contributed by atoms with Crippen molar-refractivity contribution in [3.05, 3.63) is 0 Å². The van der Waals surface area contributed by atoms with Crippen molar-refractivity contribution in [2.24, 2.45) is 0 Å². The number of amides is 1. The van der Waals surface area contributed by atoms with Gasteiger partial charge in [0.2, 0.25) is 5.91 Å². The molecule has 0 spiro atoms. The maximum absolute atomic E-state index is 11.9. The quantitative estimate of drug-likeness (QED) is 0.0730. The highest BCUT2D eigenvalue weighted by molar-refractivity contribution is 5.73. The summed E-state index contributed by atoms with van der Waals surface area (Å²) in [7, 11) is 0. The summed E-state index contributed by atoms with van der Waals surface area (Å²) in [5, 5.41) is 104. The number of carboxylic acid groups (broad SMARTS) is 1. The Bertz CT molecular complexity index is 928. The molecule has 0 aromatic heterocycles. The Labute approximate surface area is 257 Å². The molecular formula is C26H45NO18. The Balaban J connectivity index is 1.74. The fraction of sp³-hybridized carbons (Fsp3) is 0.923. The van der Waals surface area contributed by atoms with Crippen LogP contribution in [-0.4, -0.2) is 181 Å². The van der Waals surface area contributed by atoms with Gasteiger partial charge in [0, 0.05) is 20.0 Å². The van der Waals surface area contributed by atoms with E-state index in [2.05, 4.69) is 5.32 Å². The predicted molar refractivity (Wildman–Crippen MR) is 143 cm³/mol. The lowest BCUT2D eigenvalue weighted by Crippen LogP contribution is -2.68. The molecule has 0 aromatic carbocycles. The Kier molecular flexibility index (Phi) is 14.7. The summed E-state index contributed by atoms with van der Waals surface area (Å²) in [6.45, 7) is -1.11. The number of hydrogen-bond donors (Lipinski definition) is 11. The third kappa shape index (κ3) is 9.46. The highest BCUT2D eigenvalue weighted by atomic mass is 16.8. The van der Waals surface area contributed by atoms with Gasteiger partial charge in [-0.25, -0.2) is 0 Å². The monoisotopic (exact) mass is 659 g/mol. The molecule has 0 aromatic rings. The number of unbranched alkanes of at least 4 members (excludes halogenated alkanes) is 2. The van der Waals surface area contributed by atoms with Crippen LogP contribution >= 0.6 is 0 Å². The van der Waals surface area contributed by atoms with Gasteiger partial charge in [-0.15, -0.1) is 0 Å². The van der Waals surface area contributed by atoms with Gasteiger partial charge < -0.3 is 84.8 Å². The molecule has 45 heavy (non-hydrogen) atoms. The number of aliphatic hydroxyl groups is 9. The van der Waals surface area contributed by atoms with Crippen LogP contribution in [-0.2, 0) is 38.0 Å². The molecule has 19 nitrogen and oxygen atoms in total. The second kappa shape index (κ2) is 17.5. The van der Waals surface area contributed by atoms with Gasteiger partial charge in [-0.3, -0.25) is 9.59 Å². The van der Waals surface area contributed by atoms with E-state index >= 15 is 0 Å². The molecule has 0 aliphatic carbocycles. The number of aliphatic carboxylic acids is 1. The lowest BCUT2D eigenvalue weighted by Gasteiger charge is -2.48. The molecule has 0 radical (unpaired) electrons. The number of carbonyl (C=O) groups excluding carboxylic acids is 1. The summed E-state index contributed by atoms with van der Waals surface area (Å²) in [5.41, 5.74) is 0. The van der Waals surface area contributed by atoms with Gasteiger partial charge in [0.05, 0.1) is 19.8 Å². The molecule has 3 saturated heterocycles. The van der Waals surface area contributed by atoms with Crippen LogP contribution in [0, 0.1) is 0 Å². The van der Waals surface area contributed by atoms with Crippen molar-refractivity contribution in [1.29, 1.82) is 0 Å². The molecule has 262 valence electrons. The van der Waals surface area contributed by atoms with Gasteiger partial charge in [0.1, 0.15) is 73.2 Å². The largest absolute Gasteiger partial charge is 0.481 e. The first-order valence-electron chi connectivity index (χ1n) is 14.6. The zero-order valence-corrected chi connectivity index (χ0v) is 24.6. The molecule has 1 unspecified atom stereocenters. The average Bonchev–Trinajstić information content (AvgIpc) is 3.00. The van der Waals surface area contributed by atoms with Gasteiger partial charge >= 0.3 is 5.97 Å². The van der Waals surface area contributed by atoms with E-state index in [9.17, 15) is 55.5 Å². The minimum absolute atomic E-state index is 0.0174. The third-order valence-electron chi connectivity index (χ3n) is 7.79. The van der Waals surface area contributed by atoms with E-state index < -0.39 is 124 Å². The number of carbonyl (C=O) groups is 2. The zero-order chi connectivity index (χ0) is 33.4. The van der Waals surface area contributed by atoms with E-state index in [4.69, 9.17) is 33.5 Å². The van der Waals surface area contributed by atoms with Gasteiger partial charge in [0.15, 0.2) is 18.9 Å². The summed E-state index contributed by atoms with van der Waals surface area (Å²) in [4.78, 5) is 22.6. The molecule has 15 atom stereocenters. The lowest BCUT2D eigenvalue weighted by molar-refractivity contribution is -0.376.